The van der Waals surface area contributed by atoms with Crippen LogP contribution in [0.15, 0.2) is 0 Å². The van der Waals surface area contributed by atoms with Crippen LogP contribution in [-0.2, 0) is 14.9 Å². The van der Waals surface area contributed by atoms with Crippen molar-refractivity contribution in [3.8, 4) is 0 Å². The predicted octanol–water partition coefficient (Wildman–Crippen LogP) is -1.37. The topological polar surface area (TPSA) is 104 Å². The molecule has 13 heavy (non-hydrogen) atoms. The molecular formula is C6H14O6S. The summed E-state index contributed by atoms with van der Waals surface area (Å²) in [6.45, 7) is -0.559. The highest BCUT2D eigenvalue weighted by Crippen LogP contribution is 1.94. The summed E-state index contributed by atoms with van der Waals surface area (Å²) in [6.07, 6.45) is -0.545. The quantitative estimate of drug-likeness (QED) is 0.357. The number of ether oxygens (including phenoxy) is 1. The minimum absolute atomic E-state index is 0.0750. The Morgan fingerprint density at radius 2 is 1.77 bits per heavy atom. The summed E-state index contributed by atoms with van der Waals surface area (Å²) in [5.41, 5.74) is 0. The van der Waals surface area contributed by atoms with Gasteiger partial charge < -0.3 is 14.9 Å². The van der Waals surface area contributed by atoms with Crippen LogP contribution in [0.4, 0.5) is 0 Å². The van der Waals surface area contributed by atoms with Crippen LogP contribution in [0.1, 0.15) is 6.42 Å². The van der Waals surface area contributed by atoms with E-state index in [-0.39, 0.29) is 32.0 Å². The zero-order valence-electron chi connectivity index (χ0n) is 7.09. The van der Waals surface area contributed by atoms with E-state index in [1.165, 1.54) is 0 Å². The highest BCUT2D eigenvalue weighted by Gasteiger charge is 2.07. The van der Waals surface area contributed by atoms with Crippen LogP contribution in [-0.4, -0.2) is 54.9 Å². The van der Waals surface area contributed by atoms with E-state index in [0.717, 1.165) is 0 Å². The molecule has 7 heteroatoms. The molecule has 0 heterocycles. The first-order valence-electron chi connectivity index (χ1n) is 3.78. The highest BCUT2D eigenvalue weighted by atomic mass is 32.2. The van der Waals surface area contributed by atoms with Crippen molar-refractivity contribution in [3.63, 3.8) is 0 Å². The van der Waals surface area contributed by atoms with E-state index in [1.807, 2.05) is 0 Å². The van der Waals surface area contributed by atoms with E-state index >= 15 is 0 Å². The predicted molar refractivity (Wildman–Crippen MR) is 44.9 cm³/mol. The maximum absolute atomic E-state index is 10.2. The van der Waals surface area contributed by atoms with E-state index < -0.39 is 16.2 Å². The minimum atomic E-state index is -3.94. The number of aliphatic hydroxyl groups is 2. The fourth-order valence-corrected chi connectivity index (χ4v) is 1.14. The van der Waals surface area contributed by atoms with E-state index in [0.29, 0.717) is 0 Å². The highest BCUT2D eigenvalue weighted by molar-refractivity contribution is 7.85. The number of rotatable bonds is 7. The maximum Gasteiger partial charge on any atom is 0.264 e. The number of hydrogen-bond acceptors (Lipinski definition) is 5. The molecule has 0 radical (unpaired) electrons. The van der Waals surface area contributed by atoms with Gasteiger partial charge in [0.25, 0.3) is 10.1 Å². The molecule has 80 valence electrons. The summed E-state index contributed by atoms with van der Waals surface area (Å²) < 4.78 is 33.6. The SMILES string of the molecule is O=S(=O)(O)CCCOC(CO)CO. The molecule has 0 aromatic carbocycles. The minimum Gasteiger partial charge on any atom is -0.394 e. The monoisotopic (exact) mass is 214 g/mol. The molecule has 0 saturated carbocycles. The molecule has 0 saturated heterocycles. The normalized spacial score (nSPS) is 12.3. The smallest absolute Gasteiger partial charge is 0.264 e. The molecule has 0 spiro atoms. The van der Waals surface area contributed by atoms with Gasteiger partial charge in [-0.15, -0.1) is 0 Å². The van der Waals surface area contributed by atoms with E-state index in [4.69, 9.17) is 19.5 Å². The average Bonchev–Trinajstić information content (AvgIpc) is 2.03. The molecule has 6 nitrogen and oxygen atoms in total. The van der Waals surface area contributed by atoms with Gasteiger partial charge in [0.05, 0.1) is 19.0 Å². The lowest BCUT2D eigenvalue weighted by atomic mass is 10.4. The van der Waals surface area contributed by atoms with Crippen molar-refractivity contribution >= 4 is 10.1 Å². The van der Waals surface area contributed by atoms with Crippen LogP contribution < -0.4 is 0 Å². The Morgan fingerprint density at radius 1 is 1.23 bits per heavy atom. The van der Waals surface area contributed by atoms with Crippen molar-refractivity contribution in [1.82, 2.24) is 0 Å². The largest absolute Gasteiger partial charge is 0.394 e. The summed E-state index contributed by atoms with van der Waals surface area (Å²) in [6, 6.07) is 0. The summed E-state index contributed by atoms with van der Waals surface area (Å²) in [5, 5.41) is 17.1. The average molecular weight is 214 g/mol. The van der Waals surface area contributed by atoms with Gasteiger partial charge in [0, 0.05) is 6.61 Å². The van der Waals surface area contributed by atoms with Crippen LogP contribution in [0.25, 0.3) is 0 Å². The molecule has 0 atom stereocenters. The Balaban J connectivity index is 3.45. The van der Waals surface area contributed by atoms with Gasteiger partial charge in [-0.1, -0.05) is 0 Å². The van der Waals surface area contributed by atoms with Gasteiger partial charge in [0.15, 0.2) is 0 Å². The zero-order chi connectivity index (χ0) is 10.3. The van der Waals surface area contributed by atoms with E-state index in [2.05, 4.69) is 0 Å². The van der Waals surface area contributed by atoms with Gasteiger partial charge in [0.1, 0.15) is 6.10 Å². The first-order chi connectivity index (χ1) is 5.99. The van der Waals surface area contributed by atoms with Crippen LogP contribution in [0.3, 0.4) is 0 Å². The molecule has 0 aromatic rings. The molecule has 0 aliphatic rings. The Labute approximate surface area is 76.9 Å². The molecule has 0 fully saturated rings. The third-order valence-corrected chi connectivity index (χ3v) is 2.11. The summed E-state index contributed by atoms with van der Waals surface area (Å²) in [5.74, 6) is -0.378. The molecule has 0 aliphatic heterocycles. The summed E-state index contributed by atoms with van der Waals surface area (Å²) in [4.78, 5) is 0. The van der Waals surface area contributed by atoms with Crippen molar-refractivity contribution in [3.05, 3.63) is 0 Å². The van der Waals surface area contributed by atoms with Crippen LogP contribution in [0.5, 0.6) is 0 Å². The lowest BCUT2D eigenvalue weighted by Crippen LogP contribution is -2.23. The van der Waals surface area contributed by atoms with Gasteiger partial charge in [-0.05, 0) is 6.42 Å². The van der Waals surface area contributed by atoms with Gasteiger partial charge in [-0.3, -0.25) is 4.55 Å². The first kappa shape index (κ1) is 12.8. The molecular weight excluding hydrogens is 200 g/mol. The van der Waals surface area contributed by atoms with Crippen molar-refractivity contribution in [2.75, 3.05) is 25.6 Å². The van der Waals surface area contributed by atoms with Crippen molar-refractivity contribution in [2.24, 2.45) is 0 Å². The third kappa shape index (κ3) is 8.13. The van der Waals surface area contributed by atoms with Gasteiger partial charge in [-0.2, -0.15) is 8.42 Å². The fraction of sp³-hybridized carbons (Fsp3) is 1.00. The molecule has 0 amide bonds. The lowest BCUT2D eigenvalue weighted by molar-refractivity contribution is -0.0190. The Kier molecular flexibility index (Phi) is 6.17. The zero-order valence-corrected chi connectivity index (χ0v) is 7.90. The van der Waals surface area contributed by atoms with E-state index in [9.17, 15) is 8.42 Å². The number of aliphatic hydroxyl groups excluding tert-OH is 2. The lowest BCUT2D eigenvalue weighted by Gasteiger charge is -2.11. The second-order valence-corrected chi connectivity index (χ2v) is 4.07. The third-order valence-electron chi connectivity index (χ3n) is 1.31. The maximum atomic E-state index is 10.2. The first-order valence-corrected chi connectivity index (χ1v) is 5.39. The molecule has 3 N–H and O–H groups in total. The molecule has 0 aromatic heterocycles. The Hall–Kier alpha value is -0.210. The summed E-state index contributed by atoms with van der Waals surface area (Å²) in [7, 11) is -3.94. The van der Waals surface area contributed by atoms with Crippen molar-refractivity contribution in [2.45, 2.75) is 12.5 Å². The molecule has 0 aliphatic carbocycles. The van der Waals surface area contributed by atoms with Gasteiger partial charge in [-0.25, -0.2) is 0 Å². The summed E-state index contributed by atoms with van der Waals surface area (Å²) >= 11 is 0. The standard InChI is InChI=1S/C6H14O6S/c7-4-6(5-8)12-2-1-3-13(9,10)11/h6-8H,1-5H2,(H,9,10,11). The molecule has 0 unspecified atom stereocenters. The van der Waals surface area contributed by atoms with Crippen LogP contribution in [0.2, 0.25) is 0 Å². The molecule has 0 bridgehead atoms. The Bertz CT molecular complexity index is 207. The number of hydrogen-bond donors (Lipinski definition) is 3. The Morgan fingerprint density at radius 3 is 2.15 bits per heavy atom. The van der Waals surface area contributed by atoms with Crippen LogP contribution in [0, 0.1) is 0 Å². The second-order valence-electron chi connectivity index (χ2n) is 2.50. The van der Waals surface area contributed by atoms with E-state index in [1.54, 1.807) is 0 Å². The van der Waals surface area contributed by atoms with Crippen molar-refractivity contribution in [1.29, 1.82) is 0 Å². The fourth-order valence-electron chi connectivity index (χ4n) is 0.654. The van der Waals surface area contributed by atoms with Crippen LogP contribution >= 0.6 is 0 Å². The second kappa shape index (κ2) is 6.28. The van der Waals surface area contributed by atoms with Crippen molar-refractivity contribution < 1.29 is 27.9 Å². The molecule has 0 rings (SSSR count). The van der Waals surface area contributed by atoms with Gasteiger partial charge in [0.2, 0.25) is 0 Å². The van der Waals surface area contributed by atoms with Gasteiger partial charge >= 0.3 is 0 Å².